The van der Waals surface area contributed by atoms with E-state index in [0.717, 1.165) is 15.9 Å². The van der Waals surface area contributed by atoms with E-state index in [1.165, 1.54) is 6.07 Å². The van der Waals surface area contributed by atoms with Gasteiger partial charge in [0.15, 0.2) is 0 Å². The number of benzene rings is 2. The second-order valence-corrected chi connectivity index (χ2v) is 5.68. The molecule has 1 N–H and O–H groups in total. The van der Waals surface area contributed by atoms with E-state index in [-0.39, 0.29) is 5.69 Å². The van der Waals surface area contributed by atoms with Crippen LogP contribution in [-0.2, 0) is 6.54 Å². The summed E-state index contributed by atoms with van der Waals surface area (Å²) in [6, 6.07) is 10.5. The summed E-state index contributed by atoms with van der Waals surface area (Å²) in [5.74, 6) is 0. The number of rotatable bonds is 4. The van der Waals surface area contributed by atoms with Gasteiger partial charge in [-0.1, -0.05) is 17.7 Å². The smallest absolute Gasteiger partial charge is 0.275 e. The first-order valence-corrected chi connectivity index (χ1v) is 7.40. The van der Waals surface area contributed by atoms with E-state index in [2.05, 4.69) is 10.3 Å². The van der Waals surface area contributed by atoms with Crippen molar-refractivity contribution >= 4 is 44.5 Å². The topological polar surface area (TPSA) is 68.1 Å². The maximum Gasteiger partial charge on any atom is 0.275 e. The van der Waals surface area contributed by atoms with Crippen molar-refractivity contribution in [2.45, 2.75) is 6.54 Å². The van der Waals surface area contributed by atoms with E-state index in [0.29, 0.717) is 17.1 Å². The third-order valence-electron chi connectivity index (χ3n) is 3.09. The first-order chi connectivity index (χ1) is 10.1. The molecule has 5 nitrogen and oxygen atoms in total. The van der Waals surface area contributed by atoms with Gasteiger partial charge in [0, 0.05) is 18.3 Å². The van der Waals surface area contributed by atoms with Gasteiger partial charge in [0.2, 0.25) is 0 Å². The Bertz CT molecular complexity index is 819. The van der Waals surface area contributed by atoms with Crippen LogP contribution in [0.3, 0.4) is 0 Å². The monoisotopic (exact) mass is 319 g/mol. The number of nitro groups is 1. The molecule has 0 aliphatic carbocycles. The van der Waals surface area contributed by atoms with Crippen molar-refractivity contribution < 1.29 is 4.92 Å². The predicted octanol–water partition coefficient (Wildman–Crippen LogP) is 4.47. The maximum absolute atomic E-state index is 11.0. The van der Waals surface area contributed by atoms with Crippen molar-refractivity contribution in [2.24, 2.45) is 0 Å². The fourth-order valence-corrected chi connectivity index (χ4v) is 3.00. The van der Waals surface area contributed by atoms with Crippen molar-refractivity contribution in [1.82, 2.24) is 4.98 Å². The van der Waals surface area contributed by atoms with Crippen LogP contribution in [0.15, 0.2) is 41.9 Å². The van der Waals surface area contributed by atoms with Crippen molar-refractivity contribution in [2.75, 3.05) is 5.32 Å². The molecule has 2 aromatic carbocycles. The van der Waals surface area contributed by atoms with Gasteiger partial charge in [-0.25, -0.2) is 4.98 Å². The largest absolute Gasteiger partial charge is 0.381 e. The number of nitrogens with zero attached hydrogens (tertiary/aromatic N) is 2. The number of hydrogen-bond donors (Lipinski definition) is 1. The third kappa shape index (κ3) is 2.81. The van der Waals surface area contributed by atoms with Crippen LogP contribution in [0, 0.1) is 10.1 Å². The lowest BCUT2D eigenvalue weighted by molar-refractivity contribution is -0.385. The van der Waals surface area contributed by atoms with E-state index >= 15 is 0 Å². The molecule has 7 heteroatoms. The van der Waals surface area contributed by atoms with Crippen molar-refractivity contribution in [3.05, 3.63) is 62.6 Å². The van der Waals surface area contributed by atoms with Crippen molar-refractivity contribution in [3.8, 4) is 0 Å². The summed E-state index contributed by atoms with van der Waals surface area (Å²) in [5.41, 5.74) is 4.10. The Morgan fingerprint density at radius 3 is 3.00 bits per heavy atom. The molecule has 1 aromatic heterocycles. The summed E-state index contributed by atoms with van der Waals surface area (Å²) in [6.45, 7) is 0.292. The summed E-state index contributed by atoms with van der Waals surface area (Å²) in [5, 5.41) is 14.6. The van der Waals surface area contributed by atoms with E-state index in [9.17, 15) is 10.1 Å². The summed E-state index contributed by atoms with van der Waals surface area (Å²) in [6.07, 6.45) is 0. The maximum atomic E-state index is 11.0. The number of anilines is 1. The highest BCUT2D eigenvalue weighted by atomic mass is 35.5. The Labute approximate surface area is 129 Å². The van der Waals surface area contributed by atoms with Gasteiger partial charge in [-0.15, -0.1) is 11.3 Å². The number of fused-ring (bicyclic) bond motifs is 1. The normalized spacial score (nSPS) is 10.7. The zero-order valence-electron chi connectivity index (χ0n) is 10.7. The Balaban J connectivity index is 1.85. The van der Waals surface area contributed by atoms with Crippen LogP contribution in [0.5, 0.6) is 0 Å². The Hall–Kier alpha value is -2.18. The minimum absolute atomic E-state index is 0.0221. The van der Waals surface area contributed by atoms with Crippen LogP contribution in [0.25, 0.3) is 10.2 Å². The van der Waals surface area contributed by atoms with Crippen LogP contribution in [0.1, 0.15) is 5.56 Å². The average molecular weight is 320 g/mol. The first-order valence-electron chi connectivity index (χ1n) is 6.14. The second kappa shape index (κ2) is 5.67. The molecule has 0 aliphatic heterocycles. The number of halogens is 1. The van der Waals surface area contributed by atoms with Gasteiger partial charge in [-0.3, -0.25) is 10.1 Å². The third-order valence-corrected chi connectivity index (χ3v) is 4.24. The molecular weight excluding hydrogens is 310 g/mol. The number of hydrogen-bond acceptors (Lipinski definition) is 5. The van der Waals surface area contributed by atoms with Crippen LogP contribution < -0.4 is 5.32 Å². The molecule has 0 amide bonds. The molecule has 106 valence electrons. The lowest BCUT2D eigenvalue weighted by Gasteiger charge is -2.08. The highest BCUT2D eigenvalue weighted by molar-refractivity contribution is 7.16. The molecular formula is C14H10ClN3O2S. The fraction of sp³-hybridized carbons (Fsp3) is 0.0714. The lowest BCUT2D eigenvalue weighted by Crippen LogP contribution is -2.03. The number of aromatic nitrogens is 1. The van der Waals surface area contributed by atoms with Gasteiger partial charge >= 0.3 is 0 Å². The van der Waals surface area contributed by atoms with Gasteiger partial charge < -0.3 is 5.32 Å². The first kappa shape index (κ1) is 13.8. The molecule has 0 saturated carbocycles. The fourth-order valence-electron chi connectivity index (χ4n) is 2.05. The molecule has 0 radical (unpaired) electrons. The Morgan fingerprint density at radius 1 is 1.33 bits per heavy atom. The van der Waals surface area contributed by atoms with Crippen LogP contribution in [-0.4, -0.2) is 9.91 Å². The molecule has 3 rings (SSSR count). The van der Waals surface area contributed by atoms with E-state index in [1.54, 1.807) is 29.0 Å². The molecule has 0 unspecified atom stereocenters. The Morgan fingerprint density at radius 2 is 2.19 bits per heavy atom. The number of thiazole rings is 1. The summed E-state index contributed by atoms with van der Waals surface area (Å²) >= 11 is 7.61. The molecule has 0 aliphatic rings. The predicted molar refractivity (Wildman–Crippen MR) is 85.1 cm³/mol. The highest BCUT2D eigenvalue weighted by Crippen LogP contribution is 2.28. The van der Waals surface area contributed by atoms with Crippen molar-refractivity contribution in [3.63, 3.8) is 0 Å². The van der Waals surface area contributed by atoms with Gasteiger partial charge in [-0.05, 0) is 24.3 Å². The summed E-state index contributed by atoms with van der Waals surface area (Å²) in [7, 11) is 0. The quantitative estimate of drug-likeness (QED) is 0.569. The van der Waals surface area contributed by atoms with Crippen LogP contribution >= 0.6 is 22.9 Å². The van der Waals surface area contributed by atoms with Gasteiger partial charge in [0.05, 0.1) is 31.2 Å². The zero-order chi connectivity index (χ0) is 14.8. The molecule has 3 aromatic rings. The summed E-state index contributed by atoms with van der Waals surface area (Å²) < 4.78 is 1.06. The Kier molecular flexibility index (Phi) is 3.72. The molecule has 0 spiro atoms. The standard InChI is InChI=1S/C14H10ClN3O2S/c15-11-2-1-3-13(18(19)20)10(11)7-16-9-4-5-12-14(6-9)21-8-17-12/h1-6,8,16H,7H2. The molecule has 0 atom stereocenters. The molecule has 0 bridgehead atoms. The molecule has 0 saturated heterocycles. The molecule has 21 heavy (non-hydrogen) atoms. The van der Waals surface area contributed by atoms with E-state index in [1.807, 2.05) is 18.2 Å². The average Bonchev–Trinajstić information content (AvgIpc) is 2.93. The van der Waals surface area contributed by atoms with E-state index in [4.69, 9.17) is 11.6 Å². The lowest BCUT2D eigenvalue weighted by atomic mass is 10.1. The van der Waals surface area contributed by atoms with Gasteiger partial charge in [0.1, 0.15) is 0 Å². The molecule has 0 fully saturated rings. The highest BCUT2D eigenvalue weighted by Gasteiger charge is 2.16. The second-order valence-electron chi connectivity index (χ2n) is 4.38. The SMILES string of the molecule is O=[N+]([O-])c1cccc(Cl)c1CNc1ccc2ncsc2c1. The van der Waals surface area contributed by atoms with Gasteiger partial charge in [0.25, 0.3) is 5.69 Å². The van der Waals surface area contributed by atoms with Crippen LogP contribution in [0.4, 0.5) is 11.4 Å². The van der Waals surface area contributed by atoms with Crippen LogP contribution in [0.2, 0.25) is 5.02 Å². The number of nitro benzene ring substituents is 1. The van der Waals surface area contributed by atoms with Gasteiger partial charge in [-0.2, -0.15) is 0 Å². The zero-order valence-corrected chi connectivity index (χ0v) is 12.3. The molecule has 1 heterocycles. The summed E-state index contributed by atoms with van der Waals surface area (Å²) in [4.78, 5) is 14.8. The van der Waals surface area contributed by atoms with E-state index < -0.39 is 4.92 Å². The number of nitrogens with one attached hydrogen (secondary N) is 1. The minimum Gasteiger partial charge on any atom is -0.381 e. The van der Waals surface area contributed by atoms with Crippen molar-refractivity contribution in [1.29, 1.82) is 0 Å². The minimum atomic E-state index is -0.421.